The fourth-order valence-corrected chi connectivity index (χ4v) is 1.31. The Morgan fingerprint density at radius 1 is 1.50 bits per heavy atom. The molecular weight excluding hydrogens is 206 g/mol. The highest BCUT2D eigenvalue weighted by molar-refractivity contribution is 5.79. The van der Waals surface area contributed by atoms with Gasteiger partial charge in [-0.2, -0.15) is 0 Å². The van der Waals surface area contributed by atoms with E-state index in [1.165, 1.54) is 0 Å². The van der Waals surface area contributed by atoms with Crippen molar-refractivity contribution in [2.45, 2.75) is 19.4 Å². The van der Waals surface area contributed by atoms with Crippen LogP contribution in [0.5, 0.6) is 0 Å². The number of unbranched alkanes of at least 4 members (excludes halogenated alkanes) is 1. The van der Waals surface area contributed by atoms with Crippen LogP contribution in [-0.2, 0) is 11.3 Å². The third-order valence-corrected chi connectivity index (χ3v) is 2.10. The molecule has 16 heavy (non-hydrogen) atoms. The molecule has 0 saturated carbocycles. The van der Waals surface area contributed by atoms with Crippen molar-refractivity contribution in [1.29, 1.82) is 0 Å². The lowest BCUT2D eigenvalue weighted by molar-refractivity contribution is -0.131. The quantitative estimate of drug-likeness (QED) is 0.507. The molecule has 0 aliphatic rings. The Labute approximate surface area is 94.8 Å². The van der Waals surface area contributed by atoms with Crippen molar-refractivity contribution in [2.75, 3.05) is 13.1 Å². The average Bonchev–Trinajstić information content (AvgIpc) is 2.74. The summed E-state index contributed by atoms with van der Waals surface area (Å²) in [6, 6.07) is 0. The van der Waals surface area contributed by atoms with E-state index in [2.05, 4.69) is 10.3 Å². The molecule has 5 heteroatoms. The SMILES string of the molecule is O=C(O)/C=C/CNCCCCn1ccnc1. The zero-order chi connectivity index (χ0) is 11.6. The molecule has 0 bridgehead atoms. The van der Waals surface area contributed by atoms with Gasteiger partial charge in [0.15, 0.2) is 0 Å². The number of aliphatic carboxylic acids is 1. The molecule has 1 heterocycles. The average molecular weight is 223 g/mol. The van der Waals surface area contributed by atoms with Gasteiger partial charge in [-0.1, -0.05) is 6.08 Å². The summed E-state index contributed by atoms with van der Waals surface area (Å²) in [5.41, 5.74) is 0. The van der Waals surface area contributed by atoms with E-state index in [4.69, 9.17) is 5.11 Å². The smallest absolute Gasteiger partial charge is 0.328 e. The number of hydrogen-bond donors (Lipinski definition) is 2. The van der Waals surface area contributed by atoms with Crippen molar-refractivity contribution < 1.29 is 9.90 Å². The highest BCUT2D eigenvalue weighted by atomic mass is 16.4. The number of imidazole rings is 1. The minimum Gasteiger partial charge on any atom is -0.478 e. The minimum absolute atomic E-state index is 0.609. The molecule has 0 radical (unpaired) electrons. The van der Waals surface area contributed by atoms with Gasteiger partial charge in [0.05, 0.1) is 6.33 Å². The van der Waals surface area contributed by atoms with Crippen molar-refractivity contribution >= 4 is 5.97 Å². The van der Waals surface area contributed by atoms with E-state index in [0.29, 0.717) is 6.54 Å². The van der Waals surface area contributed by atoms with Crippen molar-refractivity contribution in [1.82, 2.24) is 14.9 Å². The van der Waals surface area contributed by atoms with Gasteiger partial charge in [-0.25, -0.2) is 9.78 Å². The number of hydrogen-bond acceptors (Lipinski definition) is 3. The maximum atomic E-state index is 10.1. The molecule has 0 atom stereocenters. The van der Waals surface area contributed by atoms with E-state index in [1.54, 1.807) is 12.3 Å². The molecule has 88 valence electrons. The van der Waals surface area contributed by atoms with Crippen LogP contribution in [0.25, 0.3) is 0 Å². The third-order valence-electron chi connectivity index (χ3n) is 2.10. The summed E-state index contributed by atoms with van der Waals surface area (Å²) < 4.78 is 2.05. The summed E-state index contributed by atoms with van der Waals surface area (Å²) in [5, 5.41) is 11.5. The molecular formula is C11H17N3O2. The molecule has 1 aromatic rings. The Kier molecular flexibility index (Phi) is 5.95. The molecule has 1 rings (SSSR count). The van der Waals surface area contributed by atoms with Crippen molar-refractivity contribution in [3.8, 4) is 0 Å². The van der Waals surface area contributed by atoms with Crippen molar-refractivity contribution in [2.24, 2.45) is 0 Å². The number of carbonyl (C=O) groups is 1. The second kappa shape index (κ2) is 7.64. The van der Waals surface area contributed by atoms with Gasteiger partial charge < -0.3 is 15.0 Å². The van der Waals surface area contributed by atoms with E-state index >= 15 is 0 Å². The zero-order valence-electron chi connectivity index (χ0n) is 9.17. The summed E-state index contributed by atoms with van der Waals surface area (Å²) in [7, 11) is 0. The highest BCUT2D eigenvalue weighted by Gasteiger charge is 1.90. The van der Waals surface area contributed by atoms with Crippen LogP contribution >= 0.6 is 0 Å². The molecule has 1 aromatic heterocycles. The number of nitrogens with one attached hydrogen (secondary N) is 1. The van der Waals surface area contributed by atoms with Gasteiger partial charge in [0.1, 0.15) is 0 Å². The Morgan fingerprint density at radius 2 is 2.38 bits per heavy atom. The third kappa shape index (κ3) is 5.98. The number of nitrogens with zero attached hydrogens (tertiary/aromatic N) is 2. The summed E-state index contributed by atoms with van der Waals surface area (Å²) in [6.07, 6.45) is 10.4. The lowest BCUT2D eigenvalue weighted by Gasteiger charge is -2.02. The van der Waals surface area contributed by atoms with Crippen LogP contribution in [-0.4, -0.2) is 33.7 Å². The molecule has 0 amide bonds. The number of carboxylic acid groups (broad SMARTS) is 1. The molecule has 0 saturated heterocycles. The molecule has 0 aromatic carbocycles. The van der Waals surface area contributed by atoms with Crippen LogP contribution in [0.15, 0.2) is 30.9 Å². The van der Waals surface area contributed by atoms with E-state index < -0.39 is 5.97 Å². The van der Waals surface area contributed by atoms with Gasteiger partial charge in [0.2, 0.25) is 0 Å². The monoisotopic (exact) mass is 223 g/mol. The lowest BCUT2D eigenvalue weighted by atomic mass is 10.3. The molecule has 0 aliphatic carbocycles. The van der Waals surface area contributed by atoms with Gasteiger partial charge in [-0.05, 0) is 19.4 Å². The predicted molar refractivity (Wildman–Crippen MR) is 61.1 cm³/mol. The standard InChI is InChI=1S/C11H17N3O2/c15-11(16)4-3-6-12-5-1-2-8-14-9-7-13-10-14/h3-4,7,9-10,12H,1-2,5-6,8H2,(H,15,16)/b4-3+. The first-order valence-electron chi connectivity index (χ1n) is 5.35. The van der Waals surface area contributed by atoms with Gasteiger partial charge >= 0.3 is 5.97 Å². The summed E-state index contributed by atoms with van der Waals surface area (Å²) in [4.78, 5) is 14.1. The summed E-state index contributed by atoms with van der Waals surface area (Å²) in [6.45, 7) is 2.49. The second-order valence-corrected chi connectivity index (χ2v) is 3.45. The summed E-state index contributed by atoms with van der Waals surface area (Å²) in [5.74, 6) is -0.901. The maximum Gasteiger partial charge on any atom is 0.328 e. The van der Waals surface area contributed by atoms with Gasteiger partial charge in [0.25, 0.3) is 0 Å². The van der Waals surface area contributed by atoms with Crippen LogP contribution in [0, 0.1) is 0 Å². The first kappa shape index (κ1) is 12.4. The van der Waals surface area contributed by atoms with Crippen LogP contribution in [0.3, 0.4) is 0 Å². The molecule has 0 unspecified atom stereocenters. The van der Waals surface area contributed by atoms with Crippen LogP contribution in [0.2, 0.25) is 0 Å². The molecule has 2 N–H and O–H groups in total. The summed E-state index contributed by atoms with van der Waals surface area (Å²) >= 11 is 0. The Hall–Kier alpha value is -1.62. The number of carboxylic acids is 1. The zero-order valence-corrected chi connectivity index (χ0v) is 9.17. The molecule has 0 spiro atoms. The topological polar surface area (TPSA) is 67.2 Å². The normalized spacial score (nSPS) is 11.0. The van der Waals surface area contributed by atoms with E-state index in [9.17, 15) is 4.79 Å². The number of aryl methyl sites for hydroxylation is 1. The van der Waals surface area contributed by atoms with Crippen LogP contribution in [0.1, 0.15) is 12.8 Å². The van der Waals surface area contributed by atoms with Gasteiger partial charge in [-0.15, -0.1) is 0 Å². The first-order valence-corrected chi connectivity index (χ1v) is 5.35. The van der Waals surface area contributed by atoms with Crippen LogP contribution < -0.4 is 5.32 Å². The Bertz CT molecular complexity index is 320. The molecule has 0 fully saturated rings. The Balaban J connectivity index is 1.90. The molecule has 5 nitrogen and oxygen atoms in total. The Morgan fingerprint density at radius 3 is 3.06 bits per heavy atom. The largest absolute Gasteiger partial charge is 0.478 e. The number of aromatic nitrogens is 2. The van der Waals surface area contributed by atoms with Crippen LogP contribution in [0.4, 0.5) is 0 Å². The molecule has 0 aliphatic heterocycles. The van der Waals surface area contributed by atoms with Gasteiger partial charge in [-0.3, -0.25) is 0 Å². The number of rotatable bonds is 8. The fourth-order valence-electron chi connectivity index (χ4n) is 1.31. The highest BCUT2D eigenvalue weighted by Crippen LogP contribution is 1.93. The van der Waals surface area contributed by atoms with Gasteiger partial charge in [0, 0.05) is 31.6 Å². The maximum absolute atomic E-state index is 10.1. The van der Waals surface area contributed by atoms with E-state index in [1.807, 2.05) is 17.1 Å². The lowest BCUT2D eigenvalue weighted by Crippen LogP contribution is -2.15. The first-order chi connectivity index (χ1) is 7.79. The van der Waals surface area contributed by atoms with Crippen molar-refractivity contribution in [3.05, 3.63) is 30.9 Å². The van der Waals surface area contributed by atoms with Crippen molar-refractivity contribution in [3.63, 3.8) is 0 Å². The fraction of sp³-hybridized carbons (Fsp3) is 0.455. The van der Waals surface area contributed by atoms with E-state index in [-0.39, 0.29) is 0 Å². The predicted octanol–water partition coefficient (Wildman–Crippen LogP) is 0.894. The minimum atomic E-state index is -0.901. The van der Waals surface area contributed by atoms with E-state index in [0.717, 1.165) is 32.0 Å². The second-order valence-electron chi connectivity index (χ2n) is 3.45.